The predicted octanol–water partition coefficient (Wildman–Crippen LogP) is 3.80. The molecule has 1 aliphatic heterocycles. The Labute approximate surface area is 194 Å². The number of nitrogen functional groups attached to an aromatic ring is 1. The minimum Gasteiger partial charge on any atom is -0.442 e. The van der Waals surface area contributed by atoms with E-state index in [1.54, 1.807) is 39.0 Å². The molecule has 1 aromatic rings. The van der Waals surface area contributed by atoms with Gasteiger partial charge in [0.1, 0.15) is 5.60 Å². The van der Waals surface area contributed by atoms with Crippen molar-refractivity contribution in [1.82, 2.24) is 10.2 Å². The number of carbonyl (C=O) groups excluding carboxylic acids is 2. The molecule has 2 fully saturated rings. The molecular weight excluding hydrogens is 432 g/mol. The Hall–Kier alpha value is -2.32. The van der Waals surface area contributed by atoms with E-state index in [1.807, 2.05) is 20.8 Å². The number of carbonyl (C=O) groups is 2. The molecule has 1 saturated carbocycles. The summed E-state index contributed by atoms with van der Waals surface area (Å²) in [6.07, 6.45) is 0.0850. The van der Waals surface area contributed by atoms with E-state index >= 15 is 0 Å². The Kier molecular flexibility index (Phi) is 6.25. The Morgan fingerprint density at radius 1 is 1.38 bits per heavy atom. The molecule has 4 N–H and O–H groups in total. The highest BCUT2D eigenvalue weighted by Gasteiger charge is 2.52. The van der Waals surface area contributed by atoms with E-state index in [1.165, 1.54) is 4.90 Å². The fourth-order valence-electron chi connectivity index (χ4n) is 4.24. The molecule has 1 saturated heterocycles. The van der Waals surface area contributed by atoms with E-state index in [2.05, 4.69) is 10.3 Å². The summed E-state index contributed by atoms with van der Waals surface area (Å²) in [6.45, 7) is 10.9. The van der Waals surface area contributed by atoms with Gasteiger partial charge in [0.25, 0.3) is 0 Å². The van der Waals surface area contributed by atoms with Crippen molar-refractivity contribution in [2.24, 2.45) is 10.9 Å². The average Bonchev–Trinajstić information content (AvgIpc) is 2.59. The fraction of sp³-hybridized carbons (Fsp3) is 0.609. The van der Waals surface area contributed by atoms with E-state index in [0.29, 0.717) is 29.1 Å². The van der Waals surface area contributed by atoms with Gasteiger partial charge in [-0.2, -0.15) is 0 Å². The number of halogens is 1. The van der Waals surface area contributed by atoms with E-state index in [4.69, 9.17) is 22.1 Å². The van der Waals surface area contributed by atoms with Crippen molar-refractivity contribution in [2.75, 3.05) is 5.73 Å². The highest BCUT2D eigenvalue weighted by Crippen LogP contribution is 2.44. The lowest BCUT2D eigenvalue weighted by molar-refractivity contribution is -0.146. The molecule has 0 bridgehead atoms. The Morgan fingerprint density at radius 2 is 2.00 bits per heavy atom. The molecule has 9 heteroatoms. The van der Waals surface area contributed by atoms with Gasteiger partial charge < -0.3 is 20.9 Å². The second-order valence-corrected chi connectivity index (χ2v) is 10.7. The lowest BCUT2D eigenvalue weighted by Crippen LogP contribution is -2.67. The number of amides is 2. The van der Waals surface area contributed by atoms with Crippen LogP contribution in [0.25, 0.3) is 0 Å². The van der Waals surface area contributed by atoms with Crippen molar-refractivity contribution in [3.05, 3.63) is 28.8 Å². The zero-order valence-electron chi connectivity index (χ0n) is 19.5. The third kappa shape index (κ3) is 4.71. The topological polar surface area (TPSA) is 117 Å². The summed E-state index contributed by atoms with van der Waals surface area (Å²) in [6, 6.07) is 4.97. The summed E-state index contributed by atoms with van der Waals surface area (Å²) in [5.74, 6) is -0.0793. The molecule has 2 amide bonds. The monoisotopic (exact) mass is 464 g/mol. The van der Waals surface area contributed by atoms with Gasteiger partial charge >= 0.3 is 6.09 Å². The van der Waals surface area contributed by atoms with Gasteiger partial charge in [-0.1, -0.05) is 37.6 Å². The molecule has 176 valence electrons. The van der Waals surface area contributed by atoms with Crippen molar-refractivity contribution in [3.8, 4) is 0 Å². The number of rotatable bonds is 3. The van der Waals surface area contributed by atoms with Crippen LogP contribution in [0.1, 0.15) is 66.4 Å². The Bertz CT molecular complexity index is 950. The number of hydrogen-bond donors (Lipinski definition) is 3. The van der Waals surface area contributed by atoms with Crippen LogP contribution >= 0.6 is 11.6 Å². The Balaban J connectivity index is 1.98. The summed E-state index contributed by atoms with van der Waals surface area (Å²) >= 11 is 6.46. The SMILES string of the molecule is CC(C)C1(O)CC(N2C(=O)C[C@@](C)(c3cccc(N)c3Cl)N/C2=N\C(=O)OC(C)(C)C)C1. The van der Waals surface area contributed by atoms with Crippen LogP contribution in [0.4, 0.5) is 10.5 Å². The third-order valence-electron chi connectivity index (χ3n) is 6.22. The average molecular weight is 465 g/mol. The number of aliphatic hydroxyl groups is 1. The van der Waals surface area contributed by atoms with Crippen molar-refractivity contribution in [1.29, 1.82) is 0 Å². The number of hydrogen-bond acceptors (Lipinski definition) is 5. The highest BCUT2D eigenvalue weighted by atomic mass is 35.5. The third-order valence-corrected chi connectivity index (χ3v) is 6.64. The van der Waals surface area contributed by atoms with Crippen LogP contribution < -0.4 is 11.1 Å². The number of nitrogens with one attached hydrogen (secondary N) is 1. The first kappa shape index (κ1) is 24.3. The lowest BCUT2D eigenvalue weighted by atomic mass is 9.68. The second kappa shape index (κ2) is 8.23. The summed E-state index contributed by atoms with van der Waals surface area (Å²) in [5.41, 5.74) is 4.50. The first-order chi connectivity index (χ1) is 14.7. The maximum atomic E-state index is 13.4. The minimum atomic E-state index is -0.932. The first-order valence-corrected chi connectivity index (χ1v) is 11.2. The van der Waals surface area contributed by atoms with E-state index in [-0.39, 0.29) is 30.2 Å². The maximum absolute atomic E-state index is 13.4. The van der Waals surface area contributed by atoms with Crippen LogP contribution in [-0.4, -0.2) is 45.2 Å². The van der Waals surface area contributed by atoms with Crippen LogP contribution in [0, 0.1) is 5.92 Å². The van der Waals surface area contributed by atoms with E-state index in [0.717, 1.165) is 0 Å². The molecule has 32 heavy (non-hydrogen) atoms. The predicted molar refractivity (Wildman–Crippen MR) is 124 cm³/mol. The highest BCUT2D eigenvalue weighted by molar-refractivity contribution is 6.34. The van der Waals surface area contributed by atoms with Crippen LogP contribution in [0.15, 0.2) is 23.2 Å². The number of aliphatic imine (C=N–C) groups is 1. The van der Waals surface area contributed by atoms with Crippen molar-refractivity contribution >= 4 is 35.2 Å². The van der Waals surface area contributed by atoms with Crippen molar-refractivity contribution < 1.29 is 19.4 Å². The van der Waals surface area contributed by atoms with Gasteiger partial charge in [-0.15, -0.1) is 4.99 Å². The summed E-state index contributed by atoms with van der Waals surface area (Å²) in [4.78, 5) is 31.5. The van der Waals surface area contributed by atoms with E-state index in [9.17, 15) is 14.7 Å². The maximum Gasteiger partial charge on any atom is 0.437 e. The zero-order valence-corrected chi connectivity index (χ0v) is 20.3. The zero-order chi connectivity index (χ0) is 24.1. The molecule has 0 spiro atoms. The molecule has 1 aliphatic carbocycles. The number of benzene rings is 1. The first-order valence-electron chi connectivity index (χ1n) is 10.8. The molecule has 0 aromatic heterocycles. The largest absolute Gasteiger partial charge is 0.442 e. The van der Waals surface area contributed by atoms with Gasteiger partial charge in [0.2, 0.25) is 11.9 Å². The normalized spacial score (nSPS) is 29.7. The summed E-state index contributed by atoms with van der Waals surface area (Å²) in [5, 5.41) is 14.3. The van der Waals surface area contributed by atoms with Crippen LogP contribution in [0.2, 0.25) is 5.02 Å². The molecule has 3 rings (SSSR count). The molecule has 2 aliphatic rings. The molecule has 0 unspecified atom stereocenters. The minimum absolute atomic E-state index is 0.0502. The van der Waals surface area contributed by atoms with Crippen LogP contribution in [0.3, 0.4) is 0 Å². The van der Waals surface area contributed by atoms with Crippen LogP contribution in [0.5, 0.6) is 0 Å². The number of nitrogens with two attached hydrogens (primary N) is 1. The number of ether oxygens (including phenoxy) is 1. The molecule has 1 heterocycles. The van der Waals surface area contributed by atoms with Crippen molar-refractivity contribution in [3.63, 3.8) is 0 Å². The second-order valence-electron chi connectivity index (χ2n) is 10.3. The molecule has 8 nitrogen and oxygen atoms in total. The Morgan fingerprint density at radius 3 is 2.56 bits per heavy atom. The van der Waals surface area contributed by atoms with Gasteiger partial charge in [-0.25, -0.2) is 4.79 Å². The summed E-state index contributed by atoms with van der Waals surface area (Å²) < 4.78 is 5.35. The lowest BCUT2D eigenvalue weighted by Gasteiger charge is -2.53. The molecule has 0 radical (unpaired) electrons. The van der Waals surface area contributed by atoms with Crippen molar-refractivity contribution in [2.45, 2.75) is 83.6 Å². The molecular formula is C23H33ClN4O4. The fourth-order valence-corrected chi connectivity index (χ4v) is 4.57. The standard InChI is InChI=1S/C23H33ClN4O4/c1-13(2)23(31)10-14(11-23)28-17(29)12-22(6,15-8-7-9-16(25)18(15)24)27-19(28)26-20(30)32-21(3,4)5/h7-9,13-14,31H,10-12,25H2,1-6H3,(H,26,27,30)/t14?,22-,23?/m0/s1. The summed E-state index contributed by atoms with van der Waals surface area (Å²) in [7, 11) is 0. The quantitative estimate of drug-likeness (QED) is 0.585. The number of guanidine groups is 1. The van der Waals surface area contributed by atoms with Gasteiger partial charge in [-0.05, 0) is 58.1 Å². The smallest absolute Gasteiger partial charge is 0.437 e. The number of nitrogens with zero attached hydrogens (tertiary/aromatic N) is 2. The van der Waals surface area contributed by atoms with Gasteiger partial charge in [0.15, 0.2) is 0 Å². The van der Waals surface area contributed by atoms with E-state index < -0.39 is 22.8 Å². The molecule has 1 atom stereocenters. The van der Waals surface area contributed by atoms with Gasteiger partial charge in [0.05, 0.1) is 28.3 Å². The number of anilines is 1. The van der Waals surface area contributed by atoms with Crippen LogP contribution in [-0.2, 0) is 15.1 Å². The van der Waals surface area contributed by atoms with Gasteiger partial charge in [0, 0.05) is 6.04 Å². The van der Waals surface area contributed by atoms with Gasteiger partial charge in [-0.3, -0.25) is 9.69 Å². The molecule has 1 aromatic carbocycles.